The van der Waals surface area contributed by atoms with E-state index in [4.69, 9.17) is 16.3 Å². The number of rotatable bonds is 9. The monoisotopic (exact) mass is 336 g/mol. The molecule has 0 heterocycles. The normalized spacial score (nSPS) is 13.3. The average Bonchev–Trinajstić information content (AvgIpc) is 2.51. The Hall–Kier alpha value is -1.54. The van der Waals surface area contributed by atoms with Crippen molar-refractivity contribution < 1.29 is 9.13 Å². The molecule has 0 unspecified atom stereocenters. The van der Waals surface area contributed by atoms with Crippen molar-refractivity contribution in [2.45, 2.75) is 40.0 Å². The molecular formula is C20H26ClFO. The Balaban J connectivity index is 2.77. The third kappa shape index (κ3) is 6.62. The second-order valence-corrected chi connectivity index (χ2v) is 6.00. The van der Waals surface area contributed by atoms with E-state index in [-0.39, 0.29) is 12.4 Å². The molecule has 126 valence electrons. The van der Waals surface area contributed by atoms with E-state index in [1.165, 1.54) is 17.7 Å². The van der Waals surface area contributed by atoms with E-state index in [2.05, 4.69) is 32.6 Å². The lowest BCUT2D eigenvalue weighted by molar-refractivity contribution is 0.335. The first-order valence-electron chi connectivity index (χ1n) is 8.11. The topological polar surface area (TPSA) is 9.23 Å². The summed E-state index contributed by atoms with van der Waals surface area (Å²) in [5.41, 5.74) is 2.07. The summed E-state index contributed by atoms with van der Waals surface area (Å²) < 4.78 is 19.2. The average molecular weight is 337 g/mol. The molecule has 0 radical (unpaired) electrons. The summed E-state index contributed by atoms with van der Waals surface area (Å²) in [5.74, 6) is 0.248. The minimum atomic E-state index is -0.458. The summed E-state index contributed by atoms with van der Waals surface area (Å²) >= 11 is 5.73. The Kier molecular flexibility index (Phi) is 8.71. The lowest BCUT2D eigenvalue weighted by Crippen LogP contribution is -2.05. The van der Waals surface area contributed by atoms with Crippen molar-refractivity contribution in [1.29, 1.82) is 0 Å². The fourth-order valence-corrected chi connectivity index (χ4v) is 2.65. The van der Waals surface area contributed by atoms with Crippen molar-refractivity contribution in [2.24, 2.45) is 5.92 Å². The van der Waals surface area contributed by atoms with Gasteiger partial charge in [0.25, 0.3) is 0 Å². The SMILES string of the molecule is C=C(/C=C(\C=C/C)[C@H](CC)CCC)COc1ccc(Cl)cc1F. The van der Waals surface area contributed by atoms with E-state index in [1.807, 2.05) is 13.0 Å². The zero-order valence-corrected chi connectivity index (χ0v) is 15.0. The minimum Gasteiger partial charge on any atom is -0.486 e. The Bertz CT molecular complexity index is 575. The van der Waals surface area contributed by atoms with Gasteiger partial charge in [-0.1, -0.05) is 56.7 Å². The van der Waals surface area contributed by atoms with Crippen LogP contribution in [0, 0.1) is 11.7 Å². The van der Waals surface area contributed by atoms with Crippen molar-refractivity contribution >= 4 is 11.6 Å². The standard InChI is InChI=1S/C20H26ClFO/c1-5-8-16(7-3)17(9-6-2)12-15(4)14-23-20-11-10-18(21)13-19(20)22/h6,9-13,16H,4-5,7-8,14H2,1-3H3/b9-6-,17-12+/t16-/m1/s1. The highest BCUT2D eigenvalue weighted by molar-refractivity contribution is 6.30. The van der Waals surface area contributed by atoms with Crippen molar-refractivity contribution in [3.8, 4) is 5.75 Å². The van der Waals surface area contributed by atoms with Crippen LogP contribution in [-0.4, -0.2) is 6.61 Å². The van der Waals surface area contributed by atoms with E-state index in [1.54, 1.807) is 6.07 Å². The molecule has 1 aromatic rings. The minimum absolute atomic E-state index is 0.192. The molecule has 1 rings (SSSR count). The van der Waals surface area contributed by atoms with Crippen LogP contribution in [0.25, 0.3) is 0 Å². The van der Waals surface area contributed by atoms with Crippen molar-refractivity contribution in [3.05, 3.63) is 65.0 Å². The number of allylic oxidation sites excluding steroid dienone is 3. The maximum absolute atomic E-state index is 13.7. The highest BCUT2D eigenvalue weighted by atomic mass is 35.5. The van der Waals surface area contributed by atoms with Crippen LogP contribution in [0.3, 0.4) is 0 Å². The number of halogens is 2. The van der Waals surface area contributed by atoms with Gasteiger partial charge in [0.1, 0.15) is 6.61 Å². The van der Waals surface area contributed by atoms with E-state index in [0.29, 0.717) is 10.9 Å². The quantitative estimate of drug-likeness (QED) is 0.453. The van der Waals surface area contributed by atoms with Gasteiger partial charge in [-0.2, -0.15) is 0 Å². The highest BCUT2D eigenvalue weighted by Crippen LogP contribution is 2.24. The Morgan fingerprint density at radius 3 is 2.70 bits per heavy atom. The lowest BCUT2D eigenvalue weighted by Gasteiger charge is -2.16. The molecule has 1 aromatic carbocycles. The van der Waals surface area contributed by atoms with Crippen LogP contribution in [0.5, 0.6) is 5.75 Å². The first kappa shape index (κ1) is 19.5. The molecule has 0 aliphatic carbocycles. The number of ether oxygens (including phenoxy) is 1. The summed E-state index contributed by atoms with van der Waals surface area (Å²) in [6.07, 6.45) is 9.59. The molecule has 0 N–H and O–H groups in total. The van der Waals surface area contributed by atoms with Gasteiger partial charge in [0.2, 0.25) is 0 Å². The summed E-state index contributed by atoms with van der Waals surface area (Å²) in [7, 11) is 0. The first-order valence-corrected chi connectivity index (χ1v) is 8.49. The zero-order chi connectivity index (χ0) is 17.2. The Morgan fingerprint density at radius 1 is 1.39 bits per heavy atom. The van der Waals surface area contributed by atoms with Crippen LogP contribution in [0.4, 0.5) is 4.39 Å². The van der Waals surface area contributed by atoms with Gasteiger partial charge in [-0.05, 0) is 55.0 Å². The molecule has 0 aliphatic rings. The van der Waals surface area contributed by atoms with Gasteiger partial charge in [-0.3, -0.25) is 0 Å². The molecule has 0 amide bonds. The molecule has 1 nitrogen and oxygen atoms in total. The molecule has 0 bridgehead atoms. The van der Waals surface area contributed by atoms with E-state index < -0.39 is 5.82 Å². The second-order valence-electron chi connectivity index (χ2n) is 5.56. The summed E-state index contributed by atoms with van der Waals surface area (Å²) in [6, 6.07) is 4.39. The predicted octanol–water partition coefficient (Wildman–Crippen LogP) is 6.74. The molecule has 0 fully saturated rings. The van der Waals surface area contributed by atoms with Gasteiger partial charge in [-0.25, -0.2) is 4.39 Å². The van der Waals surface area contributed by atoms with Gasteiger partial charge in [0.15, 0.2) is 11.6 Å². The molecule has 0 saturated carbocycles. The molecule has 0 aliphatic heterocycles. The fourth-order valence-electron chi connectivity index (χ4n) is 2.49. The maximum atomic E-state index is 13.7. The molecule has 0 saturated heterocycles. The van der Waals surface area contributed by atoms with E-state index in [9.17, 15) is 4.39 Å². The van der Waals surface area contributed by atoms with Crippen LogP contribution in [0.2, 0.25) is 5.02 Å². The molecule has 23 heavy (non-hydrogen) atoms. The fraction of sp³-hybridized carbons (Fsp3) is 0.400. The zero-order valence-electron chi connectivity index (χ0n) is 14.2. The molecular weight excluding hydrogens is 311 g/mol. The maximum Gasteiger partial charge on any atom is 0.166 e. The van der Waals surface area contributed by atoms with Gasteiger partial charge in [0, 0.05) is 5.02 Å². The van der Waals surface area contributed by atoms with E-state index in [0.717, 1.165) is 24.8 Å². The Labute approximate surface area is 144 Å². The van der Waals surface area contributed by atoms with Crippen LogP contribution >= 0.6 is 11.6 Å². The smallest absolute Gasteiger partial charge is 0.166 e. The lowest BCUT2D eigenvalue weighted by atomic mass is 9.90. The van der Waals surface area contributed by atoms with Crippen LogP contribution < -0.4 is 4.74 Å². The summed E-state index contributed by atoms with van der Waals surface area (Å²) in [4.78, 5) is 0. The third-order valence-electron chi connectivity index (χ3n) is 3.64. The van der Waals surface area contributed by atoms with Gasteiger partial charge in [-0.15, -0.1) is 0 Å². The van der Waals surface area contributed by atoms with Crippen molar-refractivity contribution in [2.75, 3.05) is 6.61 Å². The van der Waals surface area contributed by atoms with Gasteiger partial charge < -0.3 is 4.74 Å². The van der Waals surface area contributed by atoms with Crippen LogP contribution in [-0.2, 0) is 0 Å². The molecule has 0 aromatic heterocycles. The van der Waals surface area contributed by atoms with Crippen molar-refractivity contribution in [1.82, 2.24) is 0 Å². The number of hydrogen-bond donors (Lipinski definition) is 0. The van der Waals surface area contributed by atoms with Crippen LogP contribution in [0.1, 0.15) is 40.0 Å². The second kappa shape index (κ2) is 10.3. The summed E-state index contributed by atoms with van der Waals surface area (Å²) in [5, 5.41) is 0.356. The van der Waals surface area contributed by atoms with Gasteiger partial charge in [0.05, 0.1) is 0 Å². The first-order chi connectivity index (χ1) is 11.0. The number of hydrogen-bond acceptors (Lipinski definition) is 1. The summed E-state index contributed by atoms with van der Waals surface area (Å²) in [6.45, 7) is 10.7. The number of benzene rings is 1. The van der Waals surface area contributed by atoms with E-state index >= 15 is 0 Å². The third-order valence-corrected chi connectivity index (χ3v) is 3.87. The largest absolute Gasteiger partial charge is 0.486 e. The van der Waals surface area contributed by atoms with Crippen LogP contribution in [0.15, 0.2) is 54.2 Å². The highest BCUT2D eigenvalue weighted by Gasteiger charge is 2.10. The molecule has 3 heteroatoms. The van der Waals surface area contributed by atoms with Crippen molar-refractivity contribution in [3.63, 3.8) is 0 Å². The molecule has 1 atom stereocenters. The molecule has 0 spiro atoms. The van der Waals surface area contributed by atoms with Gasteiger partial charge >= 0.3 is 0 Å². The Morgan fingerprint density at radius 2 is 2.13 bits per heavy atom. The predicted molar refractivity (Wildman–Crippen MR) is 97.6 cm³/mol.